The van der Waals surface area contributed by atoms with E-state index in [-0.39, 0.29) is 18.5 Å². The van der Waals surface area contributed by atoms with Gasteiger partial charge >= 0.3 is 11.9 Å². The fourth-order valence-corrected chi connectivity index (χ4v) is 2.16. The molecule has 0 aromatic carbocycles. The number of aliphatic carboxylic acids is 2. The van der Waals surface area contributed by atoms with Crippen molar-refractivity contribution in [1.82, 2.24) is 5.32 Å². The standard InChI is InChI=1S/C11H22O3.C6H14N4O2/c1-2-7-10(12)8-5-3-4-6-9-11(13)14;7-4(5(11)12)2-1-3-10-6(8)9/h10,12H,2-9H2,1H3,(H,13,14);4H,1-3,7H2,(H,11,12)(H4,8,9,10). The number of guanidine groups is 1. The molecule has 0 saturated heterocycles. The highest BCUT2D eigenvalue weighted by atomic mass is 16.4. The first kappa shape index (κ1) is 26.4. The molecule has 154 valence electrons. The fraction of sp³-hybridized carbons (Fsp3) is 0.824. The fourth-order valence-electron chi connectivity index (χ4n) is 2.16. The average molecular weight is 376 g/mol. The summed E-state index contributed by atoms with van der Waals surface area (Å²) in [4.78, 5) is 20.4. The molecule has 9 N–H and O–H groups in total. The van der Waals surface area contributed by atoms with Gasteiger partial charge in [0.2, 0.25) is 0 Å². The predicted molar refractivity (Wildman–Crippen MR) is 101 cm³/mol. The van der Waals surface area contributed by atoms with E-state index >= 15 is 0 Å². The molecule has 2 atom stereocenters. The molecule has 0 aliphatic carbocycles. The highest BCUT2D eigenvalue weighted by Crippen LogP contribution is 2.10. The molecule has 0 radical (unpaired) electrons. The van der Waals surface area contributed by atoms with Crippen LogP contribution in [-0.4, -0.2) is 51.9 Å². The maximum absolute atomic E-state index is 10.2. The molecule has 0 aromatic rings. The maximum atomic E-state index is 10.2. The van der Waals surface area contributed by atoms with Gasteiger partial charge in [-0.05, 0) is 32.1 Å². The Morgan fingerprint density at radius 3 is 2.15 bits per heavy atom. The molecule has 0 spiro atoms. The summed E-state index contributed by atoms with van der Waals surface area (Å²) in [6.45, 7) is 2.55. The van der Waals surface area contributed by atoms with Crippen LogP contribution in [0, 0.1) is 5.41 Å². The van der Waals surface area contributed by atoms with Gasteiger partial charge in [-0.3, -0.25) is 15.0 Å². The number of nitrogens with two attached hydrogens (primary N) is 2. The number of unbranched alkanes of at least 4 members (excludes halogenated alkanes) is 3. The van der Waals surface area contributed by atoms with Crippen LogP contribution in [-0.2, 0) is 9.59 Å². The van der Waals surface area contributed by atoms with Crippen LogP contribution in [0.15, 0.2) is 0 Å². The number of aliphatic hydroxyl groups excluding tert-OH is 1. The van der Waals surface area contributed by atoms with Gasteiger partial charge in [0.25, 0.3) is 0 Å². The van der Waals surface area contributed by atoms with Crippen LogP contribution in [0.2, 0.25) is 0 Å². The predicted octanol–water partition coefficient (Wildman–Crippen LogP) is 1.23. The largest absolute Gasteiger partial charge is 0.481 e. The summed E-state index contributed by atoms with van der Waals surface area (Å²) in [7, 11) is 0. The van der Waals surface area contributed by atoms with Gasteiger partial charge in [0, 0.05) is 13.0 Å². The third-order valence-corrected chi connectivity index (χ3v) is 3.62. The van der Waals surface area contributed by atoms with Crippen molar-refractivity contribution in [3.05, 3.63) is 0 Å². The number of carboxylic acid groups (broad SMARTS) is 2. The number of aliphatic hydroxyl groups is 1. The van der Waals surface area contributed by atoms with Crippen LogP contribution in [0.25, 0.3) is 0 Å². The Morgan fingerprint density at radius 1 is 1.04 bits per heavy atom. The molecule has 9 nitrogen and oxygen atoms in total. The van der Waals surface area contributed by atoms with Crippen molar-refractivity contribution in [2.45, 2.75) is 83.3 Å². The summed E-state index contributed by atoms with van der Waals surface area (Å²) >= 11 is 0. The molecule has 0 aliphatic heterocycles. The van der Waals surface area contributed by atoms with E-state index in [2.05, 4.69) is 12.2 Å². The minimum absolute atomic E-state index is 0.112. The highest BCUT2D eigenvalue weighted by Gasteiger charge is 2.09. The molecule has 0 heterocycles. The lowest BCUT2D eigenvalue weighted by Gasteiger charge is -2.07. The minimum Gasteiger partial charge on any atom is -0.481 e. The van der Waals surface area contributed by atoms with Crippen LogP contribution in [0.3, 0.4) is 0 Å². The number of carboxylic acids is 2. The Bertz CT molecular complexity index is 393. The molecule has 2 unspecified atom stereocenters. The first-order valence-corrected chi connectivity index (χ1v) is 9.16. The Hall–Kier alpha value is -1.87. The molecule has 0 aromatic heterocycles. The van der Waals surface area contributed by atoms with Crippen molar-refractivity contribution < 1.29 is 24.9 Å². The zero-order chi connectivity index (χ0) is 20.4. The Labute approximate surface area is 155 Å². The first-order valence-electron chi connectivity index (χ1n) is 9.16. The Morgan fingerprint density at radius 2 is 1.65 bits per heavy atom. The van der Waals surface area contributed by atoms with Crippen LogP contribution >= 0.6 is 0 Å². The quantitative estimate of drug-likeness (QED) is 0.134. The summed E-state index contributed by atoms with van der Waals surface area (Å²) in [5, 5.41) is 35.5. The van der Waals surface area contributed by atoms with Crippen LogP contribution in [0.1, 0.15) is 71.1 Å². The average Bonchev–Trinajstić information content (AvgIpc) is 2.55. The van der Waals surface area contributed by atoms with Gasteiger partial charge in [-0.1, -0.05) is 32.6 Å². The molecule has 0 fully saturated rings. The second-order valence-corrected chi connectivity index (χ2v) is 6.22. The summed E-state index contributed by atoms with van der Waals surface area (Å²) < 4.78 is 0. The number of nitrogens with one attached hydrogen (secondary N) is 2. The van der Waals surface area contributed by atoms with Crippen LogP contribution < -0.4 is 16.8 Å². The Balaban J connectivity index is 0. The number of hydrogen-bond donors (Lipinski definition) is 7. The topological polar surface area (TPSA) is 183 Å². The van der Waals surface area contributed by atoms with Crippen LogP contribution in [0.4, 0.5) is 0 Å². The van der Waals surface area contributed by atoms with Gasteiger partial charge in [-0.25, -0.2) is 0 Å². The smallest absolute Gasteiger partial charge is 0.320 e. The van der Waals surface area contributed by atoms with E-state index in [1.54, 1.807) is 0 Å². The maximum Gasteiger partial charge on any atom is 0.320 e. The molecular formula is C17H36N4O5. The molecule has 9 heteroatoms. The normalized spacial score (nSPS) is 12.4. The van der Waals surface area contributed by atoms with Gasteiger partial charge in [0.05, 0.1) is 6.10 Å². The first-order chi connectivity index (χ1) is 12.2. The SMILES string of the molecule is CCCC(O)CCCCCCC(=O)O.N=C(N)NCCCC(N)C(=O)O. The van der Waals surface area contributed by atoms with E-state index in [0.29, 0.717) is 19.4 Å². The van der Waals surface area contributed by atoms with Crippen molar-refractivity contribution in [2.24, 2.45) is 11.5 Å². The third kappa shape index (κ3) is 22.1. The van der Waals surface area contributed by atoms with E-state index in [1.807, 2.05) is 0 Å². The molecule has 0 saturated carbocycles. The van der Waals surface area contributed by atoms with Crippen molar-refractivity contribution >= 4 is 17.9 Å². The Kier molecular flexibility index (Phi) is 18.2. The van der Waals surface area contributed by atoms with E-state index in [9.17, 15) is 14.7 Å². The summed E-state index contributed by atoms with van der Waals surface area (Å²) in [5.41, 5.74) is 10.2. The molecule has 26 heavy (non-hydrogen) atoms. The van der Waals surface area contributed by atoms with Crippen molar-refractivity contribution in [3.63, 3.8) is 0 Å². The van der Waals surface area contributed by atoms with Crippen molar-refractivity contribution in [2.75, 3.05) is 6.54 Å². The highest BCUT2D eigenvalue weighted by molar-refractivity contribution is 5.74. The molecular weight excluding hydrogens is 340 g/mol. The van der Waals surface area contributed by atoms with Gasteiger partial charge in [-0.15, -0.1) is 0 Å². The van der Waals surface area contributed by atoms with E-state index in [1.165, 1.54) is 0 Å². The second-order valence-electron chi connectivity index (χ2n) is 6.22. The van der Waals surface area contributed by atoms with Gasteiger partial charge in [0.1, 0.15) is 6.04 Å². The summed E-state index contributed by atoms with van der Waals surface area (Å²) in [6, 6.07) is -0.821. The monoisotopic (exact) mass is 376 g/mol. The van der Waals surface area contributed by atoms with E-state index in [4.69, 9.17) is 27.1 Å². The molecule has 0 rings (SSSR count). The summed E-state index contributed by atoms with van der Waals surface area (Å²) in [6.07, 6.45) is 7.65. The van der Waals surface area contributed by atoms with E-state index in [0.717, 1.165) is 44.9 Å². The number of hydrogen-bond acceptors (Lipinski definition) is 5. The minimum atomic E-state index is -1.00. The number of carbonyl (C=O) groups is 2. The van der Waals surface area contributed by atoms with Crippen molar-refractivity contribution in [1.29, 1.82) is 5.41 Å². The molecule has 0 bridgehead atoms. The van der Waals surface area contributed by atoms with Gasteiger partial charge in [0.15, 0.2) is 5.96 Å². The molecule has 0 aliphatic rings. The summed E-state index contributed by atoms with van der Waals surface area (Å²) in [5.74, 6) is -1.83. The zero-order valence-electron chi connectivity index (χ0n) is 15.7. The lowest BCUT2D eigenvalue weighted by molar-refractivity contribution is -0.139. The van der Waals surface area contributed by atoms with E-state index < -0.39 is 18.0 Å². The zero-order valence-corrected chi connectivity index (χ0v) is 15.7. The lowest BCUT2D eigenvalue weighted by atomic mass is 10.1. The second kappa shape index (κ2) is 17.9. The van der Waals surface area contributed by atoms with Gasteiger partial charge in [-0.2, -0.15) is 0 Å². The third-order valence-electron chi connectivity index (χ3n) is 3.62. The lowest BCUT2D eigenvalue weighted by Crippen LogP contribution is -2.34. The van der Waals surface area contributed by atoms with Gasteiger partial charge < -0.3 is 32.1 Å². The molecule has 0 amide bonds. The number of rotatable bonds is 14. The van der Waals surface area contributed by atoms with Crippen LogP contribution in [0.5, 0.6) is 0 Å². The van der Waals surface area contributed by atoms with Crippen molar-refractivity contribution in [3.8, 4) is 0 Å².